The second-order valence-corrected chi connectivity index (χ2v) is 3.95. The van der Waals surface area contributed by atoms with Crippen molar-refractivity contribution >= 4 is 0 Å². The van der Waals surface area contributed by atoms with Crippen molar-refractivity contribution in [3.63, 3.8) is 0 Å². The summed E-state index contributed by atoms with van der Waals surface area (Å²) in [6.07, 6.45) is 0. The Hall–Kier alpha value is -1.79. The molecule has 0 bridgehead atoms. The molecule has 1 N–H and O–H groups in total. The zero-order valence-corrected chi connectivity index (χ0v) is 8.76. The molecule has 0 atom stereocenters. The van der Waals surface area contributed by atoms with Gasteiger partial charge in [-0.15, -0.1) is 0 Å². The molecule has 0 aliphatic carbocycles. The van der Waals surface area contributed by atoms with Gasteiger partial charge < -0.3 is 14.4 Å². The van der Waals surface area contributed by atoms with E-state index in [9.17, 15) is 9.50 Å². The second kappa shape index (κ2) is 3.61. The number of rotatable bonds is 2. The molecule has 5 nitrogen and oxygen atoms in total. The zero-order valence-electron chi connectivity index (χ0n) is 8.76. The van der Waals surface area contributed by atoms with E-state index in [1.54, 1.807) is 12.1 Å². The lowest BCUT2D eigenvalue weighted by Crippen LogP contribution is -2.46. The van der Waals surface area contributed by atoms with Crippen LogP contribution in [0.3, 0.4) is 0 Å². The average molecular weight is 236 g/mol. The minimum atomic E-state index is -1.18. The highest BCUT2D eigenvalue weighted by Crippen LogP contribution is 2.29. The van der Waals surface area contributed by atoms with Gasteiger partial charge in [0.15, 0.2) is 5.60 Å². The van der Waals surface area contributed by atoms with E-state index in [1.165, 1.54) is 12.1 Å². The van der Waals surface area contributed by atoms with Crippen LogP contribution in [0.1, 0.15) is 5.89 Å². The van der Waals surface area contributed by atoms with Crippen molar-refractivity contribution in [2.24, 2.45) is 0 Å². The Morgan fingerprint density at radius 3 is 2.53 bits per heavy atom. The van der Waals surface area contributed by atoms with Crippen molar-refractivity contribution in [3.05, 3.63) is 36.0 Å². The fourth-order valence-corrected chi connectivity index (χ4v) is 1.55. The summed E-state index contributed by atoms with van der Waals surface area (Å²) in [6.45, 7) is 0.302. The molecule has 1 aromatic heterocycles. The van der Waals surface area contributed by atoms with Crippen LogP contribution in [0.15, 0.2) is 28.8 Å². The van der Waals surface area contributed by atoms with Crippen LogP contribution in [-0.2, 0) is 10.3 Å². The van der Waals surface area contributed by atoms with E-state index in [0.29, 0.717) is 11.4 Å². The van der Waals surface area contributed by atoms with Gasteiger partial charge in [-0.1, -0.05) is 5.16 Å². The molecular formula is C11H9FN2O3. The Morgan fingerprint density at radius 1 is 1.24 bits per heavy atom. The molecule has 88 valence electrons. The molecule has 3 rings (SSSR count). The number of benzene rings is 1. The summed E-state index contributed by atoms with van der Waals surface area (Å²) in [7, 11) is 0. The predicted octanol–water partition coefficient (Wildman–Crippen LogP) is 1.09. The van der Waals surface area contributed by atoms with Crippen molar-refractivity contribution in [1.82, 2.24) is 10.1 Å². The molecular weight excluding hydrogens is 227 g/mol. The summed E-state index contributed by atoms with van der Waals surface area (Å²) in [4.78, 5) is 4.07. The van der Waals surface area contributed by atoms with Gasteiger partial charge in [-0.05, 0) is 24.3 Å². The third-order valence-electron chi connectivity index (χ3n) is 2.61. The van der Waals surface area contributed by atoms with Crippen LogP contribution in [-0.4, -0.2) is 28.5 Å². The molecule has 1 aliphatic rings. The molecule has 1 aromatic carbocycles. The monoisotopic (exact) mass is 236 g/mol. The largest absolute Gasteiger partial charge is 0.376 e. The van der Waals surface area contributed by atoms with Crippen LogP contribution < -0.4 is 0 Å². The van der Waals surface area contributed by atoms with E-state index in [1.807, 2.05) is 0 Å². The van der Waals surface area contributed by atoms with Crippen molar-refractivity contribution in [1.29, 1.82) is 0 Å². The van der Waals surface area contributed by atoms with Gasteiger partial charge in [-0.2, -0.15) is 4.98 Å². The molecule has 6 heteroatoms. The first-order valence-electron chi connectivity index (χ1n) is 5.08. The molecule has 1 aliphatic heterocycles. The number of halogens is 1. The Kier molecular flexibility index (Phi) is 2.20. The van der Waals surface area contributed by atoms with E-state index >= 15 is 0 Å². The van der Waals surface area contributed by atoms with Gasteiger partial charge in [0.1, 0.15) is 5.82 Å². The van der Waals surface area contributed by atoms with E-state index in [0.717, 1.165) is 0 Å². The number of hydrogen-bond acceptors (Lipinski definition) is 5. The molecule has 0 unspecified atom stereocenters. The van der Waals surface area contributed by atoms with Crippen molar-refractivity contribution in [2.45, 2.75) is 5.60 Å². The van der Waals surface area contributed by atoms with Crippen LogP contribution in [0.2, 0.25) is 0 Å². The maximum Gasteiger partial charge on any atom is 0.263 e. The molecule has 17 heavy (non-hydrogen) atoms. The fourth-order valence-electron chi connectivity index (χ4n) is 1.55. The summed E-state index contributed by atoms with van der Waals surface area (Å²) < 4.78 is 22.6. The molecule has 2 heterocycles. The van der Waals surface area contributed by atoms with Crippen molar-refractivity contribution in [2.75, 3.05) is 13.2 Å². The Bertz CT molecular complexity index is 534. The van der Waals surface area contributed by atoms with Gasteiger partial charge in [0, 0.05) is 5.56 Å². The second-order valence-electron chi connectivity index (χ2n) is 3.95. The number of aromatic nitrogens is 2. The molecule has 2 aromatic rings. The smallest absolute Gasteiger partial charge is 0.263 e. The van der Waals surface area contributed by atoms with E-state index in [-0.39, 0.29) is 24.9 Å². The molecule has 0 spiro atoms. The minimum Gasteiger partial charge on any atom is -0.376 e. The third kappa shape index (κ3) is 1.71. The highest BCUT2D eigenvalue weighted by Gasteiger charge is 2.43. The lowest BCUT2D eigenvalue weighted by molar-refractivity contribution is -0.198. The van der Waals surface area contributed by atoms with E-state index < -0.39 is 5.60 Å². The highest BCUT2D eigenvalue weighted by atomic mass is 19.1. The number of ether oxygens (including phenoxy) is 1. The summed E-state index contributed by atoms with van der Waals surface area (Å²) in [5.74, 6) is 0.117. The minimum absolute atomic E-state index is 0.128. The van der Waals surface area contributed by atoms with Crippen LogP contribution in [0.5, 0.6) is 0 Å². The van der Waals surface area contributed by atoms with Crippen molar-refractivity contribution in [3.8, 4) is 11.4 Å². The maximum atomic E-state index is 12.7. The first kappa shape index (κ1) is 10.4. The third-order valence-corrected chi connectivity index (χ3v) is 2.61. The number of nitrogens with zero attached hydrogens (tertiary/aromatic N) is 2. The Labute approximate surface area is 95.8 Å². The Balaban J connectivity index is 1.92. The average Bonchev–Trinajstić information content (AvgIpc) is 2.76. The van der Waals surface area contributed by atoms with Crippen LogP contribution in [0.4, 0.5) is 4.39 Å². The molecule has 0 saturated carbocycles. The maximum absolute atomic E-state index is 12.7. The van der Waals surface area contributed by atoms with Crippen LogP contribution in [0.25, 0.3) is 11.4 Å². The van der Waals surface area contributed by atoms with Gasteiger partial charge in [0.05, 0.1) is 13.2 Å². The zero-order chi connectivity index (χ0) is 11.9. The first-order valence-corrected chi connectivity index (χ1v) is 5.08. The summed E-state index contributed by atoms with van der Waals surface area (Å²) in [6, 6.07) is 5.72. The normalized spacial score (nSPS) is 17.8. The van der Waals surface area contributed by atoms with Gasteiger partial charge in [0.2, 0.25) is 5.82 Å². The SMILES string of the molecule is OC1(c2nc(-c3ccc(F)cc3)no2)COC1. The van der Waals surface area contributed by atoms with Gasteiger partial charge in [-0.3, -0.25) is 0 Å². The summed E-state index contributed by atoms with van der Waals surface area (Å²) in [5.41, 5.74) is -0.545. The summed E-state index contributed by atoms with van der Waals surface area (Å²) in [5, 5.41) is 13.6. The van der Waals surface area contributed by atoms with E-state index in [4.69, 9.17) is 9.26 Å². The lowest BCUT2D eigenvalue weighted by atomic mass is 10.0. The van der Waals surface area contributed by atoms with Crippen molar-refractivity contribution < 1.29 is 18.8 Å². The quantitative estimate of drug-likeness (QED) is 0.845. The lowest BCUT2D eigenvalue weighted by Gasteiger charge is -2.32. The molecule has 0 amide bonds. The highest BCUT2D eigenvalue weighted by molar-refractivity contribution is 5.53. The fraction of sp³-hybridized carbons (Fsp3) is 0.273. The molecule has 0 radical (unpaired) electrons. The van der Waals surface area contributed by atoms with Gasteiger partial charge >= 0.3 is 0 Å². The Morgan fingerprint density at radius 2 is 1.94 bits per heavy atom. The first-order chi connectivity index (χ1) is 8.17. The van der Waals surface area contributed by atoms with Crippen LogP contribution in [0, 0.1) is 5.82 Å². The van der Waals surface area contributed by atoms with E-state index in [2.05, 4.69) is 10.1 Å². The van der Waals surface area contributed by atoms with Gasteiger partial charge in [0.25, 0.3) is 5.89 Å². The topological polar surface area (TPSA) is 68.4 Å². The number of hydrogen-bond donors (Lipinski definition) is 1. The van der Waals surface area contributed by atoms with Gasteiger partial charge in [-0.25, -0.2) is 4.39 Å². The predicted molar refractivity (Wildman–Crippen MR) is 54.4 cm³/mol. The standard InChI is InChI=1S/C11H9FN2O3/c12-8-3-1-7(2-4-8)9-13-10(17-14-9)11(15)5-16-6-11/h1-4,15H,5-6H2. The molecule has 1 fully saturated rings. The summed E-state index contributed by atoms with van der Waals surface area (Å²) >= 11 is 0. The van der Waals surface area contributed by atoms with Crippen LogP contribution >= 0.6 is 0 Å². The number of aliphatic hydroxyl groups is 1. The molecule has 1 saturated heterocycles.